The maximum absolute atomic E-state index is 12.4. The van der Waals surface area contributed by atoms with Crippen LogP contribution in [-0.4, -0.2) is 28.9 Å². The lowest BCUT2D eigenvalue weighted by molar-refractivity contribution is -0.118. The monoisotopic (exact) mass is 377 g/mol. The normalized spacial score (nSPS) is 10.7. The van der Waals surface area contributed by atoms with Gasteiger partial charge in [-0.2, -0.15) is 0 Å². The molecule has 0 atom stereocenters. The maximum atomic E-state index is 12.4. The van der Waals surface area contributed by atoms with Crippen molar-refractivity contribution < 1.29 is 14.1 Å². The summed E-state index contributed by atoms with van der Waals surface area (Å²) in [5.41, 5.74) is 4.96. The molecule has 0 aliphatic rings. The molecular weight excluding hydrogens is 354 g/mol. The first-order valence-corrected chi connectivity index (χ1v) is 9.18. The third kappa shape index (κ3) is 4.17. The number of carbonyl (C=O) groups is 2. The average Bonchev–Trinajstić information content (AvgIpc) is 3.11. The van der Waals surface area contributed by atoms with E-state index in [9.17, 15) is 9.59 Å². The quantitative estimate of drug-likeness (QED) is 0.603. The Balaban J connectivity index is 1.77. The van der Waals surface area contributed by atoms with E-state index in [2.05, 4.69) is 10.1 Å². The fourth-order valence-corrected chi connectivity index (χ4v) is 3.03. The van der Waals surface area contributed by atoms with Crippen molar-refractivity contribution in [3.05, 3.63) is 65.3 Å². The van der Waals surface area contributed by atoms with Crippen molar-refractivity contribution in [2.75, 3.05) is 11.9 Å². The van der Waals surface area contributed by atoms with Gasteiger partial charge in [-0.25, -0.2) is 0 Å². The first-order valence-electron chi connectivity index (χ1n) is 9.18. The molecule has 0 unspecified atom stereocenters. The van der Waals surface area contributed by atoms with Gasteiger partial charge in [-0.05, 0) is 43.2 Å². The Morgan fingerprint density at radius 2 is 1.89 bits per heavy atom. The summed E-state index contributed by atoms with van der Waals surface area (Å²) in [6, 6.07) is 11.2. The average molecular weight is 377 g/mol. The highest BCUT2D eigenvalue weighted by Gasteiger charge is 2.14. The summed E-state index contributed by atoms with van der Waals surface area (Å²) < 4.78 is 5.09. The van der Waals surface area contributed by atoms with Crippen LogP contribution in [0.25, 0.3) is 11.1 Å². The molecule has 6 nitrogen and oxygen atoms in total. The Kier molecular flexibility index (Phi) is 5.68. The highest BCUT2D eigenvalue weighted by molar-refractivity contribution is 5.96. The van der Waals surface area contributed by atoms with Gasteiger partial charge in [0.2, 0.25) is 5.91 Å². The van der Waals surface area contributed by atoms with E-state index in [-0.39, 0.29) is 18.1 Å². The second-order valence-corrected chi connectivity index (χ2v) is 6.77. The molecule has 6 heteroatoms. The van der Waals surface area contributed by atoms with E-state index in [0.717, 1.165) is 28.1 Å². The van der Waals surface area contributed by atoms with Gasteiger partial charge in [-0.15, -0.1) is 0 Å². The van der Waals surface area contributed by atoms with E-state index in [1.165, 1.54) is 0 Å². The Bertz CT molecular complexity index is 1010. The number of hydrogen-bond acceptors (Lipinski definition) is 5. The van der Waals surface area contributed by atoms with E-state index in [1.54, 1.807) is 30.3 Å². The van der Waals surface area contributed by atoms with Crippen molar-refractivity contribution in [2.24, 2.45) is 0 Å². The van der Waals surface area contributed by atoms with Crippen LogP contribution in [0.4, 0.5) is 5.69 Å². The number of ketones is 1. The number of pyridine rings is 1. The molecule has 3 aromatic rings. The van der Waals surface area contributed by atoms with Crippen molar-refractivity contribution in [1.82, 2.24) is 10.1 Å². The molecule has 0 aliphatic carbocycles. The molecule has 0 aliphatic heterocycles. The number of hydrogen-bond donors (Lipinski definition) is 0. The fraction of sp³-hybridized carbons (Fsp3) is 0.273. The number of carbonyl (C=O) groups excluding carboxylic acids is 2. The molecule has 144 valence electrons. The van der Waals surface area contributed by atoms with Crippen LogP contribution in [0.1, 0.15) is 40.9 Å². The summed E-state index contributed by atoms with van der Waals surface area (Å²) >= 11 is 0. The molecule has 1 aromatic carbocycles. The number of aryl methyl sites for hydroxylation is 2. The number of Topliss-reactive ketones (excluding diaryl/α,β-unsaturated/α-hetero) is 1. The minimum Gasteiger partial charge on any atom is -0.361 e. The van der Waals surface area contributed by atoms with Gasteiger partial charge in [0.05, 0.1) is 12.1 Å². The van der Waals surface area contributed by atoms with Crippen LogP contribution in [0.2, 0.25) is 0 Å². The number of nitrogens with zero attached hydrogens (tertiary/aromatic N) is 3. The van der Waals surface area contributed by atoms with Gasteiger partial charge < -0.3 is 9.42 Å². The molecular formula is C22H23N3O3. The molecule has 0 bridgehead atoms. The van der Waals surface area contributed by atoms with Gasteiger partial charge in [0.25, 0.3) is 0 Å². The zero-order valence-electron chi connectivity index (χ0n) is 16.5. The minimum atomic E-state index is -0.116. The lowest BCUT2D eigenvalue weighted by Crippen LogP contribution is -2.25. The van der Waals surface area contributed by atoms with Crippen LogP contribution in [0.5, 0.6) is 0 Å². The number of aromatic nitrogens is 2. The number of benzene rings is 1. The van der Waals surface area contributed by atoms with Gasteiger partial charge in [0, 0.05) is 37.0 Å². The Morgan fingerprint density at radius 3 is 2.46 bits per heavy atom. The fourth-order valence-electron chi connectivity index (χ4n) is 3.03. The summed E-state index contributed by atoms with van der Waals surface area (Å²) in [5.74, 6) is 0.485. The molecule has 0 fully saturated rings. The maximum Gasteiger partial charge on any atom is 0.226 e. The Labute approximate surface area is 164 Å². The first-order chi connectivity index (χ1) is 13.4. The van der Waals surface area contributed by atoms with Gasteiger partial charge >= 0.3 is 0 Å². The lowest BCUT2D eigenvalue weighted by atomic mass is 10.0. The van der Waals surface area contributed by atoms with Crippen LogP contribution in [0, 0.1) is 13.8 Å². The zero-order chi connectivity index (χ0) is 20.3. The van der Waals surface area contributed by atoms with E-state index in [4.69, 9.17) is 4.52 Å². The molecule has 0 N–H and O–H groups in total. The van der Waals surface area contributed by atoms with Gasteiger partial charge in [0.1, 0.15) is 11.5 Å². The van der Waals surface area contributed by atoms with Crippen LogP contribution in [0.15, 0.2) is 47.1 Å². The number of anilines is 1. The van der Waals surface area contributed by atoms with Crippen LogP contribution < -0.4 is 4.90 Å². The van der Waals surface area contributed by atoms with Crippen LogP contribution in [0.3, 0.4) is 0 Å². The van der Waals surface area contributed by atoms with E-state index in [1.807, 2.05) is 45.0 Å². The number of rotatable bonds is 6. The second kappa shape index (κ2) is 8.17. The largest absolute Gasteiger partial charge is 0.361 e. The molecule has 2 aromatic heterocycles. The predicted octanol–water partition coefficient (Wildman–Crippen LogP) is 4.15. The first kappa shape index (κ1) is 19.5. The summed E-state index contributed by atoms with van der Waals surface area (Å²) in [7, 11) is 1.78. The third-order valence-corrected chi connectivity index (χ3v) is 4.65. The zero-order valence-corrected chi connectivity index (χ0v) is 16.5. The molecule has 3 rings (SSSR count). The smallest absolute Gasteiger partial charge is 0.226 e. The second-order valence-electron chi connectivity index (χ2n) is 6.77. The molecule has 0 radical (unpaired) electrons. The lowest BCUT2D eigenvalue weighted by Gasteiger charge is -2.18. The number of amides is 1. The summed E-state index contributed by atoms with van der Waals surface area (Å²) in [4.78, 5) is 30.2. The molecule has 2 heterocycles. The van der Waals surface area contributed by atoms with Crippen LogP contribution in [-0.2, 0) is 11.2 Å². The van der Waals surface area contributed by atoms with Gasteiger partial charge in [-0.1, -0.05) is 24.2 Å². The molecule has 1 amide bonds. The molecule has 0 saturated heterocycles. The highest BCUT2D eigenvalue weighted by atomic mass is 16.5. The van der Waals surface area contributed by atoms with Gasteiger partial charge in [-0.3, -0.25) is 14.6 Å². The third-order valence-electron chi connectivity index (χ3n) is 4.65. The summed E-state index contributed by atoms with van der Waals surface area (Å²) in [6.45, 7) is 5.65. The predicted molar refractivity (Wildman–Crippen MR) is 107 cm³/mol. The van der Waals surface area contributed by atoms with Crippen molar-refractivity contribution in [2.45, 2.75) is 33.6 Å². The summed E-state index contributed by atoms with van der Waals surface area (Å²) in [6.07, 6.45) is 2.30. The molecule has 0 saturated carbocycles. The standard InChI is InChI=1S/C22H23N3O3/c1-5-22(27)25(4)17-7-8-19(14(2)10-17)16-6-9-20(23-13-16)21(26)12-18-11-15(3)24-28-18/h6-11,13H,5,12H2,1-4H3. The Hall–Kier alpha value is -3.28. The van der Waals surface area contributed by atoms with E-state index < -0.39 is 0 Å². The van der Waals surface area contributed by atoms with Crippen molar-refractivity contribution in [1.29, 1.82) is 0 Å². The van der Waals surface area contributed by atoms with E-state index >= 15 is 0 Å². The topological polar surface area (TPSA) is 76.3 Å². The minimum absolute atomic E-state index is 0.0682. The van der Waals surface area contributed by atoms with Crippen molar-refractivity contribution >= 4 is 17.4 Å². The Morgan fingerprint density at radius 1 is 1.11 bits per heavy atom. The SMILES string of the molecule is CCC(=O)N(C)c1ccc(-c2ccc(C(=O)Cc3cc(C)no3)nc2)c(C)c1. The van der Waals surface area contributed by atoms with Crippen LogP contribution >= 0.6 is 0 Å². The van der Waals surface area contributed by atoms with Gasteiger partial charge in [0.15, 0.2) is 5.78 Å². The summed E-state index contributed by atoms with van der Waals surface area (Å²) in [5, 5.41) is 3.79. The molecule has 0 spiro atoms. The van der Waals surface area contributed by atoms with Crippen molar-refractivity contribution in [3.8, 4) is 11.1 Å². The molecule has 28 heavy (non-hydrogen) atoms. The van der Waals surface area contributed by atoms with E-state index in [0.29, 0.717) is 17.9 Å². The van der Waals surface area contributed by atoms with Crippen molar-refractivity contribution in [3.63, 3.8) is 0 Å². The highest BCUT2D eigenvalue weighted by Crippen LogP contribution is 2.27.